The van der Waals surface area contributed by atoms with Crippen LogP contribution in [-0.2, 0) is 52.4 Å². The van der Waals surface area contributed by atoms with E-state index in [4.69, 9.17) is 45.8 Å². The van der Waals surface area contributed by atoms with E-state index in [0.717, 1.165) is 0 Å². The van der Waals surface area contributed by atoms with Crippen LogP contribution >= 0.6 is 11.6 Å². The SMILES string of the molecule is C=C1c2c(Cl)ccc(O)c2C(O)=C2C(=O)[C@]3(O)C(O)=C(C(N)=O)C(=O)[C@@H](N(C)C)[C@@H]3[C@@H](O)[C@H]12.CC[C@H]1OC(=O)[C@H](C)[C@@H](O[C@H]2C[C@@](C)(OC)[C@@H](O)[C@H](C)O2)[C@H](C)[C@@H](O[C@@H]2O[C@H](C)C[C@H](N(C)C)[C@H]2O)[C@](C)(O)C[C@@H](C)C(=O)[C@H](C)[C@@H](O)[C@]1(C)O. The zero-order valence-corrected chi connectivity index (χ0v) is 51.2. The number of hydrogen-bond acceptors (Lipinski definition) is 23. The molecule has 4 fully saturated rings. The number of Topliss-reactive ketones (excluding diaryl/α,β-unsaturated/α-hetero) is 3. The van der Waals surface area contributed by atoms with E-state index in [0.29, 0.717) is 6.42 Å². The predicted octanol–water partition coefficient (Wildman–Crippen LogP) is 1.84. The number of cyclic esters (lactones) is 1. The minimum atomic E-state index is -2.97. The maximum absolute atomic E-state index is 14.1. The number of amides is 1. The normalized spacial score (nSPS) is 42.6. The van der Waals surface area contributed by atoms with E-state index in [2.05, 4.69) is 6.58 Å². The van der Waals surface area contributed by atoms with Crippen molar-refractivity contribution in [1.29, 1.82) is 0 Å². The molecule has 3 heterocycles. The molecule has 0 spiro atoms. The highest BCUT2D eigenvalue weighted by Gasteiger charge is 2.68. The number of likely N-dealkylation sites (N-methyl/N-ethyl adjacent to an activating group) is 2. The van der Waals surface area contributed by atoms with Gasteiger partial charge in [0.25, 0.3) is 5.91 Å². The molecule has 0 radical (unpaired) electrons. The molecule has 472 valence electrons. The summed E-state index contributed by atoms with van der Waals surface area (Å²) in [7, 11) is 8.02. The number of aliphatic hydroxyl groups is 9. The third-order valence-electron chi connectivity index (χ3n) is 18.5. The third-order valence-corrected chi connectivity index (χ3v) is 18.8. The van der Waals surface area contributed by atoms with Gasteiger partial charge in [-0.05, 0) is 107 Å². The van der Waals surface area contributed by atoms with Crippen molar-refractivity contribution in [3.63, 3.8) is 0 Å². The van der Waals surface area contributed by atoms with Crippen LogP contribution in [0.3, 0.4) is 0 Å². The summed E-state index contributed by atoms with van der Waals surface area (Å²) in [5.41, 5.74) is -4.20. The molecule has 12 N–H and O–H groups in total. The minimum absolute atomic E-state index is 0.0516. The van der Waals surface area contributed by atoms with Gasteiger partial charge in [-0.2, -0.15) is 0 Å². The maximum Gasteiger partial charge on any atom is 0.311 e. The maximum atomic E-state index is 14.1. The molecular weight excluding hydrogens is 1120 g/mol. The van der Waals surface area contributed by atoms with Crippen LogP contribution in [0.15, 0.2) is 35.6 Å². The van der Waals surface area contributed by atoms with Crippen molar-refractivity contribution >= 4 is 52.2 Å². The molecule has 1 aromatic rings. The van der Waals surface area contributed by atoms with E-state index in [9.17, 15) is 75.0 Å². The molecule has 24 nitrogen and oxygen atoms in total. The lowest BCUT2D eigenvalue weighted by Gasteiger charge is -2.52. The number of aromatic hydroxyl groups is 1. The summed E-state index contributed by atoms with van der Waals surface area (Å²) in [5, 5.41) is 113. The van der Waals surface area contributed by atoms with Gasteiger partial charge < -0.3 is 90.1 Å². The first kappa shape index (κ1) is 68.6. The van der Waals surface area contributed by atoms with Crippen molar-refractivity contribution in [2.24, 2.45) is 41.2 Å². The summed E-state index contributed by atoms with van der Waals surface area (Å²) >= 11 is 6.25. The lowest BCUT2D eigenvalue weighted by Crippen LogP contribution is -2.70. The van der Waals surface area contributed by atoms with Crippen molar-refractivity contribution in [1.82, 2.24) is 9.80 Å². The number of esters is 1. The van der Waals surface area contributed by atoms with Crippen molar-refractivity contribution in [2.45, 2.75) is 197 Å². The zero-order chi connectivity index (χ0) is 63.7. The molecule has 3 saturated heterocycles. The van der Waals surface area contributed by atoms with Crippen LogP contribution in [-0.4, -0.2) is 227 Å². The molecule has 1 saturated carbocycles. The van der Waals surface area contributed by atoms with Crippen LogP contribution < -0.4 is 5.73 Å². The van der Waals surface area contributed by atoms with E-state index in [-0.39, 0.29) is 53.1 Å². The summed E-state index contributed by atoms with van der Waals surface area (Å²) in [6.07, 6.45) is -11.5. The second-order valence-electron chi connectivity index (χ2n) is 25.0. The van der Waals surface area contributed by atoms with E-state index >= 15 is 0 Å². The number of hydrogen-bond donors (Lipinski definition) is 11. The van der Waals surface area contributed by atoms with E-state index in [1.165, 1.54) is 59.0 Å². The Kier molecular flexibility index (Phi) is 20.7. The second kappa shape index (κ2) is 25.3. The number of methoxy groups -OCH3 is 1. The number of nitrogens with zero attached hydrogens (tertiary/aromatic N) is 2. The topological polar surface area (TPSA) is 376 Å². The quantitative estimate of drug-likeness (QED) is 0.124. The van der Waals surface area contributed by atoms with Crippen LogP contribution in [0.4, 0.5) is 0 Å². The molecule has 7 rings (SSSR count). The zero-order valence-electron chi connectivity index (χ0n) is 50.5. The Bertz CT molecular complexity index is 2770. The minimum Gasteiger partial charge on any atom is -0.508 e. The van der Waals surface area contributed by atoms with Crippen LogP contribution in [0, 0.1) is 35.5 Å². The number of carbonyl (C=O) groups is 5. The number of phenols is 1. The lowest BCUT2D eigenvalue weighted by atomic mass is 9.55. The highest BCUT2D eigenvalue weighted by atomic mass is 35.5. The third kappa shape index (κ3) is 12.1. The Labute approximate surface area is 494 Å². The van der Waals surface area contributed by atoms with E-state index < -0.39 is 183 Å². The highest BCUT2D eigenvalue weighted by molar-refractivity contribution is 6.33. The number of carbonyl (C=O) groups excluding carboxylic acids is 5. The molecular formula is C59H88ClN3O21. The number of ether oxygens (including phenoxy) is 6. The Balaban J connectivity index is 0.000000294. The lowest BCUT2D eigenvalue weighted by molar-refractivity contribution is -0.318. The molecule has 3 aliphatic heterocycles. The first-order valence-electron chi connectivity index (χ1n) is 28.3. The Hall–Kier alpha value is -4.48. The van der Waals surface area contributed by atoms with Crippen LogP contribution in [0.5, 0.6) is 5.75 Å². The van der Waals surface area contributed by atoms with Gasteiger partial charge in [0, 0.05) is 53.8 Å². The summed E-state index contributed by atoms with van der Waals surface area (Å²) < 4.78 is 37.1. The van der Waals surface area contributed by atoms with Crippen molar-refractivity contribution in [2.75, 3.05) is 35.3 Å². The summed E-state index contributed by atoms with van der Waals surface area (Å²) in [5.74, 6) is -14.2. The number of ketones is 3. The van der Waals surface area contributed by atoms with E-state index in [1.54, 1.807) is 41.5 Å². The monoisotopic (exact) mass is 1210 g/mol. The predicted molar refractivity (Wildman–Crippen MR) is 302 cm³/mol. The fraction of sp³-hybridized carbons (Fsp3) is 0.712. The van der Waals surface area contributed by atoms with Gasteiger partial charge in [-0.25, -0.2) is 0 Å². The number of fused-ring (bicyclic) bond motifs is 3. The number of primary amides is 1. The van der Waals surface area contributed by atoms with Gasteiger partial charge in [-0.3, -0.25) is 28.9 Å². The first-order chi connectivity index (χ1) is 38.7. The van der Waals surface area contributed by atoms with E-state index in [1.807, 2.05) is 25.9 Å². The Morgan fingerprint density at radius 2 is 1.45 bits per heavy atom. The highest BCUT2D eigenvalue weighted by Crippen LogP contribution is 2.57. The second-order valence-corrected chi connectivity index (χ2v) is 25.4. The molecule has 84 heavy (non-hydrogen) atoms. The largest absolute Gasteiger partial charge is 0.508 e. The summed E-state index contributed by atoms with van der Waals surface area (Å²) in [6.45, 7) is 20.2. The first-order valence-corrected chi connectivity index (χ1v) is 28.7. The molecule has 0 unspecified atom stereocenters. The van der Waals surface area contributed by atoms with Crippen molar-refractivity contribution < 1.29 is 103 Å². The molecule has 1 aromatic carbocycles. The van der Waals surface area contributed by atoms with Crippen LogP contribution in [0.2, 0.25) is 5.02 Å². The van der Waals surface area contributed by atoms with Crippen LogP contribution in [0.1, 0.15) is 106 Å². The fourth-order valence-corrected chi connectivity index (χ4v) is 14.0. The number of phenolic OH excluding ortho intramolecular Hbond substituents is 1. The van der Waals surface area contributed by atoms with Gasteiger partial charge in [0.2, 0.25) is 5.78 Å². The van der Waals surface area contributed by atoms with Gasteiger partial charge in [0.15, 0.2) is 24.0 Å². The van der Waals surface area contributed by atoms with Gasteiger partial charge in [0.1, 0.15) is 52.5 Å². The van der Waals surface area contributed by atoms with Gasteiger partial charge in [-0.1, -0.05) is 45.9 Å². The van der Waals surface area contributed by atoms with Crippen molar-refractivity contribution in [3.8, 4) is 5.75 Å². The molecule has 25 heteroatoms. The summed E-state index contributed by atoms with van der Waals surface area (Å²) in [4.78, 5) is 69.7. The van der Waals surface area contributed by atoms with Gasteiger partial charge in [-0.15, -0.1) is 0 Å². The molecule has 0 aromatic heterocycles. The summed E-state index contributed by atoms with van der Waals surface area (Å²) in [6, 6.07) is 0.754. The molecule has 3 aliphatic carbocycles. The molecule has 6 aliphatic rings. The average Bonchev–Trinajstić information content (AvgIpc) is 0.773. The Morgan fingerprint density at radius 3 is 2.00 bits per heavy atom. The molecule has 0 bridgehead atoms. The average molecular weight is 1210 g/mol. The number of rotatable bonds is 9. The van der Waals surface area contributed by atoms with Crippen LogP contribution in [0.25, 0.3) is 11.3 Å². The number of aliphatic hydroxyl groups excluding tert-OH is 6. The number of nitrogens with two attached hydrogens (primary N) is 1. The standard InChI is InChI=1S/C37H67NO13.C22H21ClN2O8/c1-14-25-37(10,45)30(41)20(4)27(39)18(2)16-35(8,44)32(51-34-28(40)24(38(11)12)15-19(3)47-34)21(5)29(22(6)33(43)49-25)50-26-17-36(9,46-13)31(42)23(7)48-26;1-6-9-7(23)4-5-8(26)11(9)16(27)12-10(6)17(28)14-15(25(2)3)18(29)13(21(24)32)20(31)22(14,33)19(12)30/h18-26,28-32,34,40-42,44-45H,14-17H2,1-13H3;4-5,10,14-15,17,26-28,31,33H,1H2,2-3H3,(H2,24,32)/t18-,19-,20+,21+,22-,23+,24+,25-,26+,28-,29+,30-,31+,32-,34+,35-,36-,37-;10-,14-,15+,17+,22+/m11/s1. The molecule has 23 atom stereocenters. The van der Waals surface area contributed by atoms with Crippen molar-refractivity contribution in [3.05, 3.63) is 51.8 Å². The number of halogens is 1. The van der Waals surface area contributed by atoms with Gasteiger partial charge in [0.05, 0.1) is 76.8 Å². The Morgan fingerprint density at radius 1 is 0.845 bits per heavy atom. The smallest absolute Gasteiger partial charge is 0.311 e. The van der Waals surface area contributed by atoms with Gasteiger partial charge >= 0.3 is 5.97 Å². The molecule has 1 amide bonds. The fourth-order valence-electron chi connectivity index (χ4n) is 13.7. The number of benzene rings is 1.